The molecule has 0 saturated heterocycles. The zero-order valence-electron chi connectivity index (χ0n) is 14.8. The molecule has 12 heteroatoms. The Kier molecular flexibility index (Phi) is 7.38. The number of amides is 1. The molecule has 1 amide bonds. The lowest BCUT2D eigenvalue weighted by atomic mass is 10.3. The first-order chi connectivity index (χ1) is 13.5. The molecule has 0 atom stereocenters. The number of likely N-dealkylation sites (N-methyl/N-ethyl adjacent to an activating group) is 1. The number of halogens is 4. The van der Waals surface area contributed by atoms with Crippen molar-refractivity contribution < 1.29 is 35.9 Å². The van der Waals surface area contributed by atoms with Crippen LogP contribution in [0, 0.1) is 17.5 Å². The maximum absolute atomic E-state index is 13.7. The van der Waals surface area contributed by atoms with Crippen LogP contribution in [0.4, 0.5) is 18.9 Å². The van der Waals surface area contributed by atoms with Gasteiger partial charge in [0.25, 0.3) is 5.91 Å². The monoisotopic (exact) mass is 494 g/mol. The molecule has 0 fully saturated rings. The molecule has 156 valence electrons. The van der Waals surface area contributed by atoms with E-state index in [2.05, 4.69) is 26.0 Å². The number of hydrogen-bond donors (Lipinski definition) is 1. The van der Waals surface area contributed by atoms with Gasteiger partial charge in [-0.05, 0) is 46.3 Å². The highest BCUT2D eigenvalue weighted by Gasteiger charge is 2.24. The Morgan fingerprint density at radius 2 is 1.72 bits per heavy atom. The number of nitrogens with one attached hydrogen (secondary N) is 1. The third kappa shape index (κ3) is 6.02. The van der Waals surface area contributed by atoms with E-state index in [1.807, 2.05) is 0 Å². The van der Waals surface area contributed by atoms with Crippen molar-refractivity contribution in [3.8, 4) is 0 Å². The van der Waals surface area contributed by atoms with Crippen molar-refractivity contribution in [2.45, 2.75) is 4.90 Å². The summed E-state index contributed by atoms with van der Waals surface area (Å²) in [5, 5.41) is 2.10. The van der Waals surface area contributed by atoms with E-state index in [9.17, 15) is 31.2 Å². The molecule has 2 rings (SSSR count). The Bertz CT molecular complexity index is 1010. The maximum Gasteiger partial charge on any atom is 0.321 e. The summed E-state index contributed by atoms with van der Waals surface area (Å²) in [7, 11) is -2.98. The highest BCUT2D eigenvalue weighted by Crippen LogP contribution is 2.26. The summed E-state index contributed by atoms with van der Waals surface area (Å²) in [5.74, 6) is -4.49. The van der Waals surface area contributed by atoms with Gasteiger partial charge in [0.15, 0.2) is 12.4 Å². The number of benzene rings is 2. The van der Waals surface area contributed by atoms with Crippen LogP contribution in [0.5, 0.6) is 0 Å². The van der Waals surface area contributed by atoms with Gasteiger partial charge in [-0.25, -0.2) is 21.6 Å². The summed E-state index contributed by atoms with van der Waals surface area (Å²) < 4.78 is 69.5. The molecule has 7 nitrogen and oxygen atoms in total. The minimum absolute atomic E-state index is 0.0557. The van der Waals surface area contributed by atoms with E-state index in [1.165, 1.54) is 0 Å². The predicted octanol–water partition coefficient (Wildman–Crippen LogP) is 2.67. The fourth-order valence-corrected chi connectivity index (χ4v) is 3.70. The summed E-state index contributed by atoms with van der Waals surface area (Å²) in [6.45, 7) is -1.55. The second kappa shape index (κ2) is 9.37. The smallest absolute Gasteiger partial charge is 0.321 e. The molecule has 0 spiro atoms. The molecule has 2 aromatic rings. The van der Waals surface area contributed by atoms with Crippen LogP contribution in [-0.2, 0) is 24.3 Å². The number of sulfonamides is 1. The van der Waals surface area contributed by atoms with Gasteiger partial charge in [-0.2, -0.15) is 4.31 Å². The zero-order valence-corrected chi connectivity index (χ0v) is 17.2. The lowest BCUT2D eigenvalue weighted by Crippen LogP contribution is -2.34. The number of anilines is 1. The van der Waals surface area contributed by atoms with Crippen LogP contribution >= 0.6 is 15.9 Å². The Balaban J connectivity index is 1.92. The maximum atomic E-state index is 13.7. The van der Waals surface area contributed by atoms with Gasteiger partial charge in [-0.1, -0.05) is 0 Å². The third-order valence-corrected chi connectivity index (χ3v) is 5.95. The van der Waals surface area contributed by atoms with E-state index in [0.29, 0.717) is 10.4 Å². The van der Waals surface area contributed by atoms with Crippen LogP contribution in [-0.4, -0.2) is 44.8 Å². The number of ether oxygens (including phenoxy) is 1. The average Bonchev–Trinajstić information content (AvgIpc) is 2.63. The van der Waals surface area contributed by atoms with Gasteiger partial charge < -0.3 is 10.1 Å². The van der Waals surface area contributed by atoms with Crippen molar-refractivity contribution in [1.82, 2.24) is 4.31 Å². The summed E-state index contributed by atoms with van der Waals surface area (Å²) >= 11 is 2.89. The lowest BCUT2D eigenvalue weighted by Gasteiger charge is -2.16. The fourth-order valence-electron chi connectivity index (χ4n) is 2.08. The average molecular weight is 495 g/mol. The highest BCUT2D eigenvalue weighted by molar-refractivity contribution is 9.10. The summed E-state index contributed by atoms with van der Waals surface area (Å²) in [5.41, 5.74) is -0.344. The molecule has 0 radical (unpaired) electrons. The van der Waals surface area contributed by atoms with Crippen LogP contribution in [0.1, 0.15) is 0 Å². The summed E-state index contributed by atoms with van der Waals surface area (Å²) in [4.78, 5) is 23.4. The van der Waals surface area contributed by atoms with Crippen LogP contribution < -0.4 is 5.32 Å². The van der Waals surface area contributed by atoms with Crippen molar-refractivity contribution >= 4 is 43.5 Å². The van der Waals surface area contributed by atoms with E-state index in [-0.39, 0.29) is 15.1 Å². The number of carbonyl (C=O) groups excluding carboxylic acids is 2. The molecule has 0 heterocycles. The van der Waals surface area contributed by atoms with E-state index in [0.717, 1.165) is 37.4 Å². The lowest BCUT2D eigenvalue weighted by molar-refractivity contribution is -0.147. The SMILES string of the molecule is CN(CC(=O)OCC(=O)Nc1c(F)cc(F)cc1Br)S(=O)(=O)c1ccc(F)cc1. The molecule has 0 aliphatic heterocycles. The van der Waals surface area contributed by atoms with Gasteiger partial charge in [0.2, 0.25) is 10.0 Å². The van der Waals surface area contributed by atoms with Gasteiger partial charge in [-0.3, -0.25) is 9.59 Å². The normalized spacial score (nSPS) is 11.4. The number of nitrogens with zero attached hydrogens (tertiary/aromatic N) is 1. The van der Waals surface area contributed by atoms with Crippen molar-refractivity contribution in [3.05, 3.63) is 58.3 Å². The van der Waals surface area contributed by atoms with Gasteiger partial charge in [0, 0.05) is 17.6 Å². The molecule has 0 aliphatic rings. The second-order valence-corrected chi connectivity index (χ2v) is 8.57. The predicted molar refractivity (Wildman–Crippen MR) is 99.9 cm³/mol. The summed E-state index contributed by atoms with van der Waals surface area (Å²) in [6.07, 6.45) is 0. The first-order valence-corrected chi connectivity index (χ1v) is 10.1. The van der Waals surface area contributed by atoms with Crippen LogP contribution in [0.2, 0.25) is 0 Å². The molecular weight excluding hydrogens is 481 g/mol. The second-order valence-electron chi connectivity index (χ2n) is 5.67. The molecule has 29 heavy (non-hydrogen) atoms. The largest absolute Gasteiger partial charge is 0.455 e. The third-order valence-electron chi connectivity index (χ3n) is 3.51. The minimum atomic E-state index is -4.08. The molecule has 0 bridgehead atoms. The number of rotatable bonds is 7. The zero-order chi connectivity index (χ0) is 21.8. The van der Waals surface area contributed by atoms with Gasteiger partial charge in [0.05, 0.1) is 10.6 Å². The van der Waals surface area contributed by atoms with E-state index in [4.69, 9.17) is 0 Å². The molecule has 0 aromatic heterocycles. The van der Waals surface area contributed by atoms with E-state index in [1.54, 1.807) is 0 Å². The van der Waals surface area contributed by atoms with Crippen LogP contribution in [0.15, 0.2) is 45.8 Å². The number of carbonyl (C=O) groups is 2. The van der Waals surface area contributed by atoms with Crippen molar-refractivity contribution in [3.63, 3.8) is 0 Å². The quantitative estimate of drug-likeness (QED) is 0.597. The first kappa shape index (κ1) is 22.8. The van der Waals surface area contributed by atoms with Crippen molar-refractivity contribution in [2.75, 3.05) is 25.5 Å². The van der Waals surface area contributed by atoms with Gasteiger partial charge >= 0.3 is 5.97 Å². The molecular formula is C17H14BrF3N2O5S. The van der Waals surface area contributed by atoms with Crippen LogP contribution in [0.25, 0.3) is 0 Å². The standard InChI is InChI=1S/C17H14BrF3N2O5S/c1-23(29(26,27)12-4-2-10(19)3-5-12)8-16(25)28-9-15(24)22-17-13(18)6-11(20)7-14(17)21/h2-7H,8-9H2,1H3,(H,22,24). The van der Waals surface area contributed by atoms with Crippen molar-refractivity contribution in [2.24, 2.45) is 0 Å². The topological polar surface area (TPSA) is 92.8 Å². The summed E-state index contributed by atoms with van der Waals surface area (Å²) in [6, 6.07) is 5.47. The fraction of sp³-hybridized carbons (Fsp3) is 0.176. The van der Waals surface area contributed by atoms with E-state index >= 15 is 0 Å². The Labute approximate surface area is 172 Å². The van der Waals surface area contributed by atoms with Crippen molar-refractivity contribution in [1.29, 1.82) is 0 Å². The molecule has 1 N–H and O–H groups in total. The molecule has 0 saturated carbocycles. The van der Waals surface area contributed by atoms with Gasteiger partial charge in [-0.15, -0.1) is 0 Å². The van der Waals surface area contributed by atoms with Crippen LogP contribution in [0.3, 0.4) is 0 Å². The first-order valence-electron chi connectivity index (χ1n) is 7.82. The Morgan fingerprint density at radius 1 is 1.10 bits per heavy atom. The molecule has 2 aromatic carbocycles. The Hall–Kier alpha value is -2.44. The van der Waals surface area contributed by atoms with Gasteiger partial charge in [0.1, 0.15) is 18.2 Å². The number of esters is 1. The molecule has 0 aliphatic carbocycles. The van der Waals surface area contributed by atoms with E-state index < -0.39 is 52.5 Å². The molecule has 0 unspecified atom stereocenters. The highest BCUT2D eigenvalue weighted by atomic mass is 79.9. The number of hydrogen-bond acceptors (Lipinski definition) is 5. The minimum Gasteiger partial charge on any atom is -0.455 e. The Morgan fingerprint density at radius 3 is 2.31 bits per heavy atom.